The van der Waals surface area contributed by atoms with Crippen LogP contribution in [0.4, 0.5) is 5.69 Å². The predicted molar refractivity (Wildman–Crippen MR) is 68.6 cm³/mol. The van der Waals surface area contributed by atoms with Gasteiger partial charge in [-0.25, -0.2) is 0 Å². The van der Waals surface area contributed by atoms with Crippen molar-refractivity contribution in [1.82, 2.24) is 0 Å². The lowest BCUT2D eigenvalue weighted by atomic mass is 9.98. The van der Waals surface area contributed by atoms with Gasteiger partial charge in [0.2, 0.25) is 0 Å². The SMILES string of the molecule is COCC1CCCN(c2ccc(C=O)cc2)C1. The Hall–Kier alpha value is -1.35. The lowest BCUT2D eigenvalue weighted by Crippen LogP contribution is -2.37. The van der Waals surface area contributed by atoms with Crippen molar-refractivity contribution in [2.24, 2.45) is 5.92 Å². The van der Waals surface area contributed by atoms with Crippen LogP contribution in [-0.2, 0) is 4.74 Å². The quantitative estimate of drug-likeness (QED) is 0.748. The summed E-state index contributed by atoms with van der Waals surface area (Å²) in [6.45, 7) is 2.98. The minimum Gasteiger partial charge on any atom is -0.384 e. The number of carbonyl (C=O) groups excluding carboxylic acids is 1. The molecule has 3 heteroatoms. The van der Waals surface area contributed by atoms with Gasteiger partial charge in [-0.05, 0) is 43.0 Å². The Kier molecular flexibility index (Phi) is 4.15. The number of anilines is 1. The highest BCUT2D eigenvalue weighted by Gasteiger charge is 2.19. The summed E-state index contributed by atoms with van der Waals surface area (Å²) in [6, 6.07) is 7.81. The van der Waals surface area contributed by atoms with Crippen molar-refractivity contribution in [3.63, 3.8) is 0 Å². The molecule has 2 rings (SSSR count). The molecule has 0 radical (unpaired) electrons. The summed E-state index contributed by atoms with van der Waals surface area (Å²) >= 11 is 0. The molecule has 92 valence electrons. The van der Waals surface area contributed by atoms with E-state index in [1.54, 1.807) is 7.11 Å². The van der Waals surface area contributed by atoms with E-state index in [1.807, 2.05) is 24.3 Å². The van der Waals surface area contributed by atoms with E-state index in [2.05, 4.69) is 4.90 Å². The van der Waals surface area contributed by atoms with Gasteiger partial charge in [0.05, 0.1) is 6.61 Å². The Bertz CT molecular complexity index is 359. The summed E-state index contributed by atoms with van der Waals surface area (Å²) in [6.07, 6.45) is 3.34. The van der Waals surface area contributed by atoms with Gasteiger partial charge < -0.3 is 9.64 Å². The van der Waals surface area contributed by atoms with E-state index in [9.17, 15) is 4.79 Å². The molecule has 1 aromatic rings. The van der Waals surface area contributed by atoms with Gasteiger partial charge in [0.1, 0.15) is 6.29 Å². The first kappa shape index (κ1) is 12.1. The number of rotatable bonds is 4. The first-order valence-corrected chi connectivity index (χ1v) is 6.12. The predicted octanol–water partition coefficient (Wildman–Crippen LogP) is 2.36. The largest absolute Gasteiger partial charge is 0.384 e. The van der Waals surface area contributed by atoms with Crippen molar-refractivity contribution in [3.8, 4) is 0 Å². The lowest BCUT2D eigenvalue weighted by molar-refractivity contribution is 0.112. The Balaban J connectivity index is 2.02. The Labute approximate surface area is 102 Å². The highest BCUT2D eigenvalue weighted by molar-refractivity contribution is 5.75. The van der Waals surface area contributed by atoms with Crippen LogP contribution >= 0.6 is 0 Å². The molecule has 1 aliphatic rings. The van der Waals surface area contributed by atoms with Crippen molar-refractivity contribution in [1.29, 1.82) is 0 Å². The fourth-order valence-electron chi connectivity index (χ4n) is 2.44. The van der Waals surface area contributed by atoms with Crippen molar-refractivity contribution in [2.75, 3.05) is 31.7 Å². The average molecular weight is 233 g/mol. The summed E-state index contributed by atoms with van der Waals surface area (Å²) in [4.78, 5) is 13.0. The van der Waals surface area contributed by atoms with Gasteiger partial charge in [-0.2, -0.15) is 0 Å². The normalized spacial score (nSPS) is 20.3. The monoisotopic (exact) mass is 233 g/mol. The maximum Gasteiger partial charge on any atom is 0.150 e. The van der Waals surface area contributed by atoms with Gasteiger partial charge >= 0.3 is 0 Å². The number of nitrogens with zero attached hydrogens (tertiary/aromatic N) is 1. The van der Waals surface area contributed by atoms with Crippen LogP contribution < -0.4 is 4.90 Å². The molecule has 1 aliphatic heterocycles. The molecule has 0 amide bonds. The molecule has 0 aliphatic carbocycles. The van der Waals surface area contributed by atoms with E-state index >= 15 is 0 Å². The molecule has 3 nitrogen and oxygen atoms in total. The lowest BCUT2D eigenvalue weighted by Gasteiger charge is -2.34. The molecule has 1 aromatic carbocycles. The van der Waals surface area contributed by atoms with Crippen molar-refractivity contribution >= 4 is 12.0 Å². The second-order valence-electron chi connectivity index (χ2n) is 4.62. The molecule has 1 fully saturated rings. The zero-order valence-electron chi connectivity index (χ0n) is 10.3. The molecule has 0 N–H and O–H groups in total. The van der Waals surface area contributed by atoms with Crippen LogP contribution in [0.25, 0.3) is 0 Å². The van der Waals surface area contributed by atoms with Crippen LogP contribution in [0.3, 0.4) is 0 Å². The summed E-state index contributed by atoms with van der Waals surface area (Å²) < 4.78 is 5.23. The van der Waals surface area contributed by atoms with Gasteiger partial charge in [0, 0.05) is 31.5 Å². The molecular weight excluding hydrogens is 214 g/mol. The van der Waals surface area contributed by atoms with E-state index in [1.165, 1.54) is 18.5 Å². The number of carbonyl (C=O) groups is 1. The molecule has 1 atom stereocenters. The van der Waals surface area contributed by atoms with Gasteiger partial charge in [0.15, 0.2) is 0 Å². The van der Waals surface area contributed by atoms with Crippen molar-refractivity contribution < 1.29 is 9.53 Å². The van der Waals surface area contributed by atoms with Crippen LogP contribution in [0.5, 0.6) is 0 Å². The number of hydrogen-bond acceptors (Lipinski definition) is 3. The Morgan fingerprint density at radius 3 is 2.82 bits per heavy atom. The highest BCUT2D eigenvalue weighted by Crippen LogP contribution is 2.23. The standard InChI is InChI=1S/C14H19NO2/c1-17-11-13-3-2-8-15(9-13)14-6-4-12(10-16)5-7-14/h4-7,10,13H,2-3,8-9,11H2,1H3. The molecule has 17 heavy (non-hydrogen) atoms. The van der Waals surface area contributed by atoms with Crippen LogP contribution in [0.15, 0.2) is 24.3 Å². The minimum atomic E-state index is 0.625. The third-order valence-corrected chi connectivity index (χ3v) is 3.32. The third kappa shape index (κ3) is 3.07. The molecule has 0 spiro atoms. The highest BCUT2D eigenvalue weighted by atomic mass is 16.5. The van der Waals surface area contributed by atoms with Gasteiger partial charge in [-0.3, -0.25) is 4.79 Å². The molecular formula is C14H19NO2. The maximum atomic E-state index is 10.6. The second kappa shape index (κ2) is 5.82. The van der Waals surface area contributed by atoms with Gasteiger partial charge in [-0.1, -0.05) is 0 Å². The van der Waals surface area contributed by atoms with E-state index in [4.69, 9.17) is 4.74 Å². The topological polar surface area (TPSA) is 29.5 Å². The van der Waals surface area contributed by atoms with E-state index in [-0.39, 0.29) is 0 Å². The van der Waals surface area contributed by atoms with Gasteiger partial charge in [0.25, 0.3) is 0 Å². The molecule has 0 aromatic heterocycles. The summed E-state index contributed by atoms with van der Waals surface area (Å²) in [5.41, 5.74) is 1.94. The number of hydrogen-bond donors (Lipinski definition) is 0. The number of benzene rings is 1. The zero-order chi connectivity index (χ0) is 12.1. The van der Waals surface area contributed by atoms with Gasteiger partial charge in [-0.15, -0.1) is 0 Å². The minimum absolute atomic E-state index is 0.625. The van der Waals surface area contributed by atoms with E-state index < -0.39 is 0 Å². The number of ether oxygens (including phenoxy) is 1. The van der Waals surface area contributed by atoms with E-state index in [0.29, 0.717) is 5.92 Å². The van der Waals surface area contributed by atoms with Crippen LogP contribution in [0.2, 0.25) is 0 Å². The first-order valence-electron chi connectivity index (χ1n) is 6.12. The number of piperidine rings is 1. The second-order valence-corrected chi connectivity index (χ2v) is 4.62. The first-order chi connectivity index (χ1) is 8.33. The van der Waals surface area contributed by atoms with Crippen LogP contribution in [0.1, 0.15) is 23.2 Å². The zero-order valence-corrected chi connectivity index (χ0v) is 10.3. The summed E-state index contributed by atoms with van der Waals surface area (Å²) in [5, 5.41) is 0. The molecule has 1 saturated heterocycles. The third-order valence-electron chi connectivity index (χ3n) is 3.32. The van der Waals surface area contributed by atoms with Crippen LogP contribution in [-0.4, -0.2) is 33.1 Å². The average Bonchev–Trinajstić information content (AvgIpc) is 2.40. The number of aldehydes is 1. The van der Waals surface area contributed by atoms with Crippen LogP contribution in [0, 0.1) is 5.92 Å². The molecule has 1 heterocycles. The summed E-state index contributed by atoms with van der Waals surface area (Å²) in [7, 11) is 1.76. The van der Waals surface area contributed by atoms with E-state index in [0.717, 1.165) is 31.5 Å². The fraction of sp³-hybridized carbons (Fsp3) is 0.500. The molecule has 0 bridgehead atoms. The summed E-state index contributed by atoms with van der Waals surface area (Å²) in [5.74, 6) is 0.625. The smallest absolute Gasteiger partial charge is 0.150 e. The van der Waals surface area contributed by atoms with Crippen molar-refractivity contribution in [2.45, 2.75) is 12.8 Å². The molecule has 1 unspecified atom stereocenters. The fourth-order valence-corrected chi connectivity index (χ4v) is 2.44. The number of methoxy groups -OCH3 is 1. The molecule has 0 saturated carbocycles. The Morgan fingerprint density at radius 1 is 1.41 bits per heavy atom. The van der Waals surface area contributed by atoms with Crippen molar-refractivity contribution in [3.05, 3.63) is 29.8 Å². The maximum absolute atomic E-state index is 10.6. The Morgan fingerprint density at radius 2 is 2.18 bits per heavy atom.